The van der Waals surface area contributed by atoms with Crippen molar-refractivity contribution in [3.8, 4) is 0 Å². The Hall–Kier alpha value is -1.59. The lowest BCUT2D eigenvalue weighted by molar-refractivity contribution is -0.135. The molecule has 27 heavy (non-hydrogen) atoms. The number of likely N-dealkylation sites (tertiary alicyclic amines) is 1. The van der Waals surface area contributed by atoms with Crippen molar-refractivity contribution in [3.05, 3.63) is 35.9 Å². The third-order valence-electron chi connectivity index (χ3n) is 6.28. The van der Waals surface area contributed by atoms with Crippen LogP contribution < -0.4 is 5.32 Å². The van der Waals surface area contributed by atoms with Crippen LogP contribution in [-0.2, 0) is 4.79 Å². The molecule has 4 rings (SSSR count). The summed E-state index contributed by atoms with van der Waals surface area (Å²) in [6.07, 6.45) is 6.39. The molecule has 1 saturated carbocycles. The van der Waals surface area contributed by atoms with E-state index >= 15 is 0 Å². The van der Waals surface area contributed by atoms with Crippen LogP contribution in [0.1, 0.15) is 48.9 Å². The molecule has 3 aliphatic rings. The van der Waals surface area contributed by atoms with Crippen LogP contribution in [0.3, 0.4) is 0 Å². The van der Waals surface area contributed by atoms with Crippen LogP contribution in [0.15, 0.2) is 30.3 Å². The first-order chi connectivity index (χ1) is 12.8. The fraction of sp³-hybridized carbons (Fsp3) is 0.619. The number of hydrogen-bond donors (Lipinski definition) is 1. The lowest BCUT2D eigenvalue weighted by atomic mass is 9.84. The van der Waals surface area contributed by atoms with Crippen molar-refractivity contribution in [2.75, 3.05) is 26.2 Å². The Balaban J connectivity index is 0.00000210. The summed E-state index contributed by atoms with van der Waals surface area (Å²) in [7, 11) is 0. The number of hydrogen-bond acceptors (Lipinski definition) is 3. The highest BCUT2D eigenvalue weighted by Crippen LogP contribution is 2.41. The lowest BCUT2D eigenvalue weighted by Gasteiger charge is -2.35. The summed E-state index contributed by atoms with van der Waals surface area (Å²) in [4.78, 5) is 30.6. The Morgan fingerprint density at radius 2 is 1.74 bits per heavy atom. The zero-order valence-electron chi connectivity index (χ0n) is 15.8. The molecular formula is C21H30ClN3O2. The molecule has 2 aliphatic heterocycles. The molecule has 5 nitrogen and oxygen atoms in total. The summed E-state index contributed by atoms with van der Waals surface area (Å²) in [5.74, 6) is 0.675. The molecule has 0 aromatic heterocycles. The van der Waals surface area contributed by atoms with Crippen LogP contribution in [0.4, 0.5) is 0 Å². The van der Waals surface area contributed by atoms with Crippen molar-refractivity contribution in [3.63, 3.8) is 0 Å². The number of carbonyl (C=O) groups is 2. The molecule has 3 atom stereocenters. The monoisotopic (exact) mass is 391 g/mol. The number of halogens is 1. The summed E-state index contributed by atoms with van der Waals surface area (Å²) < 4.78 is 0. The van der Waals surface area contributed by atoms with E-state index in [2.05, 4.69) is 5.32 Å². The van der Waals surface area contributed by atoms with Gasteiger partial charge in [0.15, 0.2) is 0 Å². The molecule has 148 valence electrons. The predicted octanol–water partition coefficient (Wildman–Crippen LogP) is 2.70. The second-order valence-corrected chi connectivity index (χ2v) is 7.87. The Morgan fingerprint density at radius 3 is 2.56 bits per heavy atom. The van der Waals surface area contributed by atoms with Crippen LogP contribution in [0.2, 0.25) is 0 Å². The predicted molar refractivity (Wildman–Crippen MR) is 108 cm³/mol. The molecule has 2 heterocycles. The number of fused-ring (bicyclic) bond motifs is 1. The van der Waals surface area contributed by atoms with Gasteiger partial charge < -0.3 is 15.1 Å². The zero-order valence-corrected chi connectivity index (χ0v) is 16.6. The first-order valence-corrected chi connectivity index (χ1v) is 10.1. The number of nitrogens with zero attached hydrogens (tertiary/aromatic N) is 2. The molecular weight excluding hydrogens is 362 g/mol. The number of benzene rings is 1. The van der Waals surface area contributed by atoms with Crippen LogP contribution in [0.25, 0.3) is 0 Å². The summed E-state index contributed by atoms with van der Waals surface area (Å²) in [6.45, 7) is 3.35. The number of carbonyl (C=O) groups excluding carboxylic acids is 2. The van der Waals surface area contributed by atoms with E-state index in [0.29, 0.717) is 11.5 Å². The van der Waals surface area contributed by atoms with Gasteiger partial charge in [0, 0.05) is 31.2 Å². The van der Waals surface area contributed by atoms with Gasteiger partial charge in [-0.1, -0.05) is 31.0 Å². The highest BCUT2D eigenvalue weighted by molar-refractivity contribution is 5.98. The lowest BCUT2D eigenvalue weighted by Crippen LogP contribution is -2.51. The van der Waals surface area contributed by atoms with Gasteiger partial charge in [0.25, 0.3) is 5.91 Å². The quantitative estimate of drug-likeness (QED) is 0.843. The van der Waals surface area contributed by atoms with E-state index in [1.165, 1.54) is 6.42 Å². The largest absolute Gasteiger partial charge is 0.340 e. The molecule has 6 heteroatoms. The normalized spacial score (nSPS) is 28.1. The van der Waals surface area contributed by atoms with E-state index in [4.69, 9.17) is 0 Å². The average Bonchev–Trinajstić information content (AvgIpc) is 2.86. The van der Waals surface area contributed by atoms with Gasteiger partial charge in [-0.05, 0) is 50.3 Å². The molecule has 1 aromatic carbocycles. The van der Waals surface area contributed by atoms with Crippen molar-refractivity contribution in [2.45, 2.75) is 50.6 Å². The van der Waals surface area contributed by atoms with Crippen molar-refractivity contribution >= 4 is 24.2 Å². The van der Waals surface area contributed by atoms with Crippen LogP contribution in [-0.4, -0.2) is 59.9 Å². The van der Waals surface area contributed by atoms with Gasteiger partial charge in [-0.3, -0.25) is 9.59 Å². The van der Waals surface area contributed by atoms with Crippen molar-refractivity contribution in [1.29, 1.82) is 0 Å². The van der Waals surface area contributed by atoms with Crippen LogP contribution in [0.5, 0.6) is 0 Å². The maximum atomic E-state index is 13.3. The molecule has 0 bridgehead atoms. The summed E-state index contributed by atoms with van der Waals surface area (Å²) in [5.41, 5.74) is 0.703. The summed E-state index contributed by atoms with van der Waals surface area (Å²) >= 11 is 0. The topological polar surface area (TPSA) is 52.7 Å². The van der Waals surface area contributed by atoms with Gasteiger partial charge in [-0.2, -0.15) is 0 Å². The zero-order chi connectivity index (χ0) is 17.9. The van der Waals surface area contributed by atoms with E-state index in [1.807, 2.05) is 40.1 Å². The molecule has 1 aliphatic carbocycles. The molecule has 2 saturated heterocycles. The van der Waals surface area contributed by atoms with Crippen molar-refractivity contribution < 1.29 is 9.59 Å². The second-order valence-electron chi connectivity index (χ2n) is 7.87. The van der Waals surface area contributed by atoms with Gasteiger partial charge in [0.1, 0.15) is 6.04 Å². The van der Waals surface area contributed by atoms with Gasteiger partial charge in [0.2, 0.25) is 5.91 Å². The van der Waals surface area contributed by atoms with Gasteiger partial charge in [0.05, 0.1) is 0 Å². The minimum absolute atomic E-state index is 0. The van der Waals surface area contributed by atoms with E-state index in [0.717, 1.165) is 58.3 Å². The summed E-state index contributed by atoms with van der Waals surface area (Å²) in [6, 6.07) is 9.42. The minimum atomic E-state index is -0.283. The Bertz CT molecular complexity index is 646. The Kier molecular flexibility index (Phi) is 6.77. The third-order valence-corrected chi connectivity index (χ3v) is 6.28. The second kappa shape index (κ2) is 9.07. The molecule has 2 amide bonds. The van der Waals surface area contributed by atoms with E-state index in [9.17, 15) is 9.59 Å². The van der Waals surface area contributed by atoms with Crippen LogP contribution >= 0.6 is 12.4 Å². The van der Waals surface area contributed by atoms with Gasteiger partial charge >= 0.3 is 0 Å². The average molecular weight is 392 g/mol. The van der Waals surface area contributed by atoms with Crippen molar-refractivity contribution in [1.82, 2.24) is 15.1 Å². The molecule has 0 spiro atoms. The standard InChI is InChI=1S/C21H29N3O2.ClH/c25-20(16-7-2-1-3-8-16)24-18-10-5-4-9-17(18)15-19(24)21(26)23-13-6-11-22-12-14-23;/h1-3,7-8,17-19,22H,4-6,9-15H2;1H. The van der Waals surface area contributed by atoms with Gasteiger partial charge in [-0.25, -0.2) is 0 Å². The number of rotatable bonds is 2. The first kappa shape index (κ1) is 20.2. The molecule has 1 N–H and O–H groups in total. The first-order valence-electron chi connectivity index (χ1n) is 10.1. The number of amides is 2. The van der Waals surface area contributed by atoms with Gasteiger partial charge in [-0.15, -0.1) is 12.4 Å². The summed E-state index contributed by atoms with van der Waals surface area (Å²) in [5, 5.41) is 3.36. The molecule has 3 fully saturated rings. The maximum absolute atomic E-state index is 13.3. The Morgan fingerprint density at radius 1 is 0.963 bits per heavy atom. The molecule has 0 radical (unpaired) electrons. The van der Waals surface area contributed by atoms with Crippen LogP contribution in [0, 0.1) is 5.92 Å². The minimum Gasteiger partial charge on any atom is -0.340 e. The Labute approximate surface area is 167 Å². The molecule has 3 unspecified atom stereocenters. The van der Waals surface area contributed by atoms with E-state index in [-0.39, 0.29) is 36.3 Å². The fourth-order valence-electron chi connectivity index (χ4n) is 4.98. The smallest absolute Gasteiger partial charge is 0.254 e. The highest BCUT2D eigenvalue weighted by Gasteiger charge is 2.48. The fourth-order valence-corrected chi connectivity index (χ4v) is 4.98. The highest BCUT2D eigenvalue weighted by atomic mass is 35.5. The molecule has 1 aromatic rings. The van der Waals surface area contributed by atoms with E-state index < -0.39 is 0 Å². The SMILES string of the molecule is Cl.O=C(C1CC2CCCCC2N1C(=O)c1ccccc1)N1CCCNCC1. The maximum Gasteiger partial charge on any atom is 0.254 e. The number of nitrogens with one attached hydrogen (secondary N) is 1. The third kappa shape index (κ3) is 4.14. The van der Waals surface area contributed by atoms with Crippen molar-refractivity contribution in [2.24, 2.45) is 5.92 Å². The van der Waals surface area contributed by atoms with E-state index in [1.54, 1.807) is 0 Å².